The second kappa shape index (κ2) is 2.99. The van der Waals surface area contributed by atoms with Crippen LogP contribution in [0.1, 0.15) is 17.2 Å². The molecule has 1 aliphatic rings. The molecule has 2 N–H and O–H groups in total. The number of aryl methyl sites for hydroxylation is 1. The summed E-state index contributed by atoms with van der Waals surface area (Å²) in [6.07, 6.45) is 4.03. The summed E-state index contributed by atoms with van der Waals surface area (Å²) >= 11 is 0. The van der Waals surface area contributed by atoms with Crippen molar-refractivity contribution in [3.63, 3.8) is 0 Å². The molecule has 0 saturated carbocycles. The third-order valence-electron chi connectivity index (χ3n) is 2.01. The van der Waals surface area contributed by atoms with Crippen molar-refractivity contribution in [3.05, 3.63) is 47.7 Å². The van der Waals surface area contributed by atoms with Crippen LogP contribution in [-0.2, 0) is 0 Å². The number of hydrogen-bond donors (Lipinski definition) is 2. The van der Waals surface area contributed by atoms with E-state index in [1.54, 1.807) is 0 Å². The molecule has 2 nitrogen and oxygen atoms in total. The van der Waals surface area contributed by atoms with Gasteiger partial charge >= 0.3 is 0 Å². The van der Waals surface area contributed by atoms with E-state index >= 15 is 0 Å². The average molecular weight is 160 g/mol. The number of rotatable bonds is 1. The topological polar surface area (TPSA) is 24.1 Å². The van der Waals surface area contributed by atoms with Gasteiger partial charge < -0.3 is 5.43 Å². The zero-order valence-electron chi connectivity index (χ0n) is 7.04. The van der Waals surface area contributed by atoms with E-state index < -0.39 is 0 Å². The van der Waals surface area contributed by atoms with Gasteiger partial charge in [-0.3, -0.25) is 0 Å². The molecule has 0 radical (unpaired) electrons. The molecule has 1 unspecified atom stereocenters. The van der Waals surface area contributed by atoms with E-state index in [2.05, 4.69) is 48.1 Å². The fraction of sp³-hybridized carbons (Fsp3) is 0.200. The average Bonchev–Trinajstić information content (AvgIpc) is 2.56. The number of hydrogen-bond acceptors (Lipinski definition) is 2. The van der Waals surface area contributed by atoms with Gasteiger partial charge in [0, 0.05) is 6.20 Å². The van der Waals surface area contributed by atoms with Crippen LogP contribution in [0, 0.1) is 6.92 Å². The Kier molecular flexibility index (Phi) is 1.84. The Labute approximate surface area is 72.3 Å². The lowest BCUT2D eigenvalue weighted by atomic mass is 10.1. The van der Waals surface area contributed by atoms with Gasteiger partial charge in [0.1, 0.15) is 0 Å². The van der Waals surface area contributed by atoms with Crippen molar-refractivity contribution in [1.29, 1.82) is 0 Å². The van der Waals surface area contributed by atoms with Crippen LogP contribution in [0.15, 0.2) is 36.5 Å². The summed E-state index contributed by atoms with van der Waals surface area (Å²) in [5.74, 6) is 0. The first-order valence-electron chi connectivity index (χ1n) is 4.10. The first kappa shape index (κ1) is 7.37. The van der Waals surface area contributed by atoms with Gasteiger partial charge in [-0.15, -0.1) is 0 Å². The maximum Gasteiger partial charge on any atom is 0.0707 e. The van der Waals surface area contributed by atoms with Crippen LogP contribution >= 0.6 is 0 Å². The molecule has 1 atom stereocenters. The Bertz CT molecular complexity index is 304. The normalized spacial score (nSPS) is 20.9. The van der Waals surface area contributed by atoms with E-state index in [0.29, 0.717) is 6.04 Å². The number of nitrogens with one attached hydrogen (secondary N) is 2. The maximum absolute atomic E-state index is 3.14. The molecule has 2 rings (SSSR count). The van der Waals surface area contributed by atoms with E-state index in [1.165, 1.54) is 11.1 Å². The van der Waals surface area contributed by atoms with Crippen molar-refractivity contribution in [3.8, 4) is 0 Å². The van der Waals surface area contributed by atoms with E-state index in [9.17, 15) is 0 Å². The predicted octanol–water partition coefficient (Wildman–Crippen LogP) is 1.66. The lowest BCUT2D eigenvalue weighted by Gasteiger charge is -2.09. The Morgan fingerprint density at radius 1 is 1.33 bits per heavy atom. The van der Waals surface area contributed by atoms with Crippen LogP contribution < -0.4 is 10.9 Å². The highest BCUT2D eigenvalue weighted by Crippen LogP contribution is 2.16. The van der Waals surface area contributed by atoms with Crippen molar-refractivity contribution in [2.45, 2.75) is 13.0 Å². The molecule has 0 spiro atoms. The van der Waals surface area contributed by atoms with Crippen LogP contribution in [0.25, 0.3) is 0 Å². The highest BCUT2D eigenvalue weighted by Gasteiger charge is 2.09. The Hall–Kier alpha value is -1.28. The van der Waals surface area contributed by atoms with Crippen molar-refractivity contribution >= 4 is 0 Å². The molecule has 1 aromatic rings. The van der Waals surface area contributed by atoms with Crippen molar-refractivity contribution in [2.24, 2.45) is 0 Å². The highest BCUT2D eigenvalue weighted by molar-refractivity contribution is 5.28. The summed E-state index contributed by atoms with van der Waals surface area (Å²) in [5, 5.41) is 0. The van der Waals surface area contributed by atoms with Crippen LogP contribution in [0.5, 0.6) is 0 Å². The van der Waals surface area contributed by atoms with Gasteiger partial charge in [0.25, 0.3) is 0 Å². The third kappa shape index (κ3) is 1.34. The minimum atomic E-state index is 0.324. The number of hydrazine groups is 1. The fourth-order valence-electron chi connectivity index (χ4n) is 1.39. The lowest BCUT2D eigenvalue weighted by molar-refractivity contribution is 0.610. The molecule has 2 heteroatoms. The molecule has 0 fully saturated rings. The molecule has 1 aliphatic heterocycles. The summed E-state index contributed by atoms with van der Waals surface area (Å²) in [6.45, 7) is 2.11. The zero-order chi connectivity index (χ0) is 8.39. The first-order chi connectivity index (χ1) is 5.86. The van der Waals surface area contributed by atoms with E-state index in [1.807, 2.05) is 6.20 Å². The van der Waals surface area contributed by atoms with Gasteiger partial charge in [-0.25, -0.2) is 5.43 Å². The molecule has 1 heterocycles. The van der Waals surface area contributed by atoms with E-state index in [-0.39, 0.29) is 0 Å². The maximum atomic E-state index is 3.14. The van der Waals surface area contributed by atoms with E-state index in [0.717, 1.165) is 0 Å². The first-order valence-corrected chi connectivity index (χ1v) is 4.10. The fourth-order valence-corrected chi connectivity index (χ4v) is 1.39. The largest absolute Gasteiger partial charge is 0.328 e. The summed E-state index contributed by atoms with van der Waals surface area (Å²) in [5.41, 5.74) is 8.70. The second-order valence-corrected chi connectivity index (χ2v) is 3.04. The lowest BCUT2D eigenvalue weighted by Crippen LogP contribution is -2.24. The molecule has 62 valence electrons. The number of benzene rings is 1. The monoisotopic (exact) mass is 160 g/mol. The molecule has 0 bridgehead atoms. The molecule has 0 amide bonds. The SMILES string of the molecule is Cc1cccc(C2C=CNN2)c1. The summed E-state index contributed by atoms with van der Waals surface area (Å²) in [6, 6.07) is 8.83. The van der Waals surface area contributed by atoms with Gasteiger partial charge in [0.05, 0.1) is 6.04 Å². The van der Waals surface area contributed by atoms with Crippen molar-refractivity contribution < 1.29 is 0 Å². The highest BCUT2D eigenvalue weighted by atomic mass is 15.4. The Balaban J connectivity index is 2.27. The van der Waals surface area contributed by atoms with Gasteiger partial charge in [-0.05, 0) is 18.6 Å². The molecule has 12 heavy (non-hydrogen) atoms. The van der Waals surface area contributed by atoms with Crippen LogP contribution in [0.4, 0.5) is 0 Å². The van der Waals surface area contributed by atoms with Crippen LogP contribution in [0.2, 0.25) is 0 Å². The zero-order valence-corrected chi connectivity index (χ0v) is 7.04. The molecule has 0 aromatic heterocycles. The van der Waals surface area contributed by atoms with Crippen LogP contribution in [-0.4, -0.2) is 0 Å². The smallest absolute Gasteiger partial charge is 0.0707 e. The summed E-state index contributed by atoms with van der Waals surface area (Å²) in [7, 11) is 0. The molecule has 0 aliphatic carbocycles. The van der Waals surface area contributed by atoms with Crippen LogP contribution in [0.3, 0.4) is 0 Å². The molecular formula is C10H12N2. The summed E-state index contributed by atoms with van der Waals surface area (Å²) < 4.78 is 0. The minimum absolute atomic E-state index is 0.324. The van der Waals surface area contributed by atoms with E-state index in [4.69, 9.17) is 0 Å². The Morgan fingerprint density at radius 3 is 2.92 bits per heavy atom. The molecule has 1 aromatic carbocycles. The van der Waals surface area contributed by atoms with Gasteiger partial charge in [-0.2, -0.15) is 0 Å². The predicted molar refractivity (Wildman–Crippen MR) is 49.3 cm³/mol. The Morgan fingerprint density at radius 2 is 2.25 bits per heavy atom. The third-order valence-corrected chi connectivity index (χ3v) is 2.01. The van der Waals surface area contributed by atoms with Gasteiger partial charge in [0.2, 0.25) is 0 Å². The quantitative estimate of drug-likeness (QED) is 0.653. The molecular weight excluding hydrogens is 148 g/mol. The summed E-state index contributed by atoms with van der Waals surface area (Å²) in [4.78, 5) is 0. The molecule has 0 saturated heterocycles. The standard InChI is InChI=1S/C10H12N2/c1-8-3-2-4-9(7-8)10-5-6-11-12-10/h2-7,10-12H,1H3. The van der Waals surface area contributed by atoms with Gasteiger partial charge in [-0.1, -0.05) is 29.8 Å². The van der Waals surface area contributed by atoms with Crippen molar-refractivity contribution in [1.82, 2.24) is 10.9 Å². The minimum Gasteiger partial charge on any atom is -0.328 e. The van der Waals surface area contributed by atoms with Crippen molar-refractivity contribution in [2.75, 3.05) is 0 Å². The second-order valence-electron chi connectivity index (χ2n) is 3.04. The van der Waals surface area contributed by atoms with Gasteiger partial charge in [0.15, 0.2) is 0 Å².